The summed E-state index contributed by atoms with van der Waals surface area (Å²) in [6, 6.07) is 4.68. The highest BCUT2D eigenvalue weighted by molar-refractivity contribution is 5.60. The van der Waals surface area contributed by atoms with Gasteiger partial charge in [-0.25, -0.2) is 8.78 Å². The molecule has 0 spiro atoms. The molecule has 0 amide bonds. The van der Waals surface area contributed by atoms with Gasteiger partial charge in [0.05, 0.1) is 6.61 Å². The van der Waals surface area contributed by atoms with Crippen molar-refractivity contribution in [2.45, 2.75) is 39.2 Å². The van der Waals surface area contributed by atoms with Crippen molar-refractivity contribution in [1.29, 1.82) is 0 Å². The van der Waals surface area contributed by atoms with Gasteiger partial charge in [0.15, 0.2) is 0 Å². The van der Waals surface area contributed by atoms with E-state index in [2.05, 4.69) is 0 Å². The van der Waals surface area contributed by atoms with E-state index in [4.69, 9.17) is 10.8 Å². The number of nitrogen functional groups attached to an aromatic ring is 1. The number of nitrogens with zero attached hydrogens (tertiary/aromatic N) is 1. The van der Waals surface area contributed by atoms with Gasteiger partial charge in [0.25, 0.3) is 6.43 Å². The average molecular weight is 272 g/mol. The van der Waals surface area contributed by atoms with Crippen molar-refractivity contribution >= 4 is 11.4 Å². The Morgan fingerprint density at radius 2 is 1.89 bits per heavy atom. The van der Waals surface area contributed by atoms with Crippen LogP contribution in [0.2, 0.25) is 0 Å². The molecule has 0 heterocycles. The fourth-order valence-corrected chi connectivity index (χ4v) is 2.35. The third kappa shape index (κ3) is 3.80. The van der Waals surface area contributed by atoms with E-state index in [0.29, 0.717) is 17.9 Å². The summed E-state index contributed by atoms with van der Waals surface area (Å²) in [7, 11) is 0. The standard InChI is InChI=1S/C14H22F2N2O/c1-3-11(4-2)18(7-8-19)13-6-5-10(17)9-12(13)14(15)16/h5-6,9,11,14,19H,3-4,7-8,17H2,1-2H3. The van der Waals surface area contributed by atoms with Gasteiger partial charge in [-0.3, -0.25) is 0 Å². The van der Waals surface area contributed by atoms with Crippen molar-refractivity contribution in [2.24, 2.45) is 0 Å². The van der Waals surface area contributed by atoms with Crippen LogP contribution in [0.4, 0.5) is 20.2 Å². The average Bonchev–Trinajstić information content (AvgIpc) is 2.39. The Hall–Kier alpha value is -1.36. The zero-order valence-electron chi connectivity index (χ0n) is 11.4. The van der Waals surface area contributed by atoms with Crippen LogP contribution in [0.3, 0.4) is 0 Å². The van der Waals surface area contributed by atoms with E-state index in [-0.39, 0.29) is 18.2 Å². The van der Waals surface area contributed by atoms with Crippen LogP contribution in [0.5, 0.6) is 0 Å². The second-order valence-electron chi connectivity index (χ2n) is 4.51. The van der Waals surface area contributed by atoms with Crippen LogP contribution >= 0.6 is 0 Å². The second-order valence-corrected chi connectivity index (χ2v) is 4.51. The van der Waals surface area contributed by atoms with Crippen molar-refractivity contribution in [3.05, 3.63) is 23.8 Å². The van der Waals surface area contributed by atoms with Crippen molar-refractivity contribution in [3.63, 3.8) is 0 Å². The summed E-state index contributed by atoms with van der Waals surface area (Å²) < 4.78 is 26.3. The van der Waals surface area contributed by atoms with Gasteiger partial charge in [-0.05, 0) is 31.0 Å². The lowest BCUT2D eigenvalue weighted by Gasteiger charge is -2.33. The molecule has 1 rings (SSSR count). The fourth-order valence-electron chi connectivity index (χ4n) is 2.35. The third-order valence-electron chi connectivity index (χ3n) is 3.32. The van der Waals surface area contributed by atoms with Crippen LogP contribution in [0.25, 0.3) is 0 Å². The number of hydrogen-bond donors (Lipinski definition) is 2. The van der Waals surface area contributed by atoms with Crippen LogP contribution in [-0.4, -0.2) is 24.3 Å². The molecule has 0 atom stereocenters. The summed E-state index contributed by atoms with van der Waals surface area (Å²) in [4.78, 5) is 1.85. The molecule has 0 saturated carbocycles. The van der Waals surface area contributed by atoms with Crippen LogP contribution in [-0.2, 0) is 0 Å². The number of halogens is 2. The molecule has 3 N–H and O–H groups in total. The van der Waals surface area contributed by atoms with Crippen molar-refractivity contribution in [1.82, 2.24) is 0 Å². The minimum absolute atomic E-state index is 0.0659. The maximum Gasteiger partial charge on any atom is 0.265 e. The highest BCUT2D eigenvalue weighted by atomic mass is 19.3. The van der Waals surface area contributed by atoms with Gasteiger partial charge in [-0.2, -0.15) is 0 Å². The zero-order chi connectivity index (χ0) is 14.4. The van der Waals surface area contributed by atoms with Crippen LogP contribution in [0.15, 0.2) is 18.2 Å². The summed E-state index contributed by atoms with van der Waals surface area (Å²) in [5.41, 5.74) is 6.30. The first-order chi connectivity index (χ1) is 9.04. The molecule has 0 unspecified atom stereocenters. The number of aliphatic hydroxyl groups excluding tert-OH is 1. The Bertz CT molecular complexity index is 395. The molecule has 1 aromatic carbocycles. The lowest BCUT2D eigenvalue weighted by atomic mass is 10.1. The Morgan fingerprint density at radius 3 is 2.37 bits per heavy atom. The summed E-state index contributed by atoms with van der Waals surface area (Å²) in [6.45, 7) is 4.30. The molecule has 0 saturated heterocycles. The predicted molar refractivity (Wildman–Crippen MR) is 74.6 cm³/mol. The first-order valence-corrected chi connectivity index (χ1v) is 6.60. The van der Waals surface area contributed by atoms with Gasteiger partial charge in [0, 0.05) is 29.5 Å². The van der Waals surface area contributed by atoms with E-state index >= 15 is 0 Å². The van der Waals surface area contributed by atoms with E-state index in [0.717, 1.165) is 12.8 Å². The van der Waals surface area contributed by atoms with Crippen LogP contribution in [0.1, 0.15) is 38.7 Å². The molecule has 0 bridgehead atoms. The molecule has 0 aliphatic rings. The number of anilines is 2. The number of rotatable bonds is 7. The largest absolute Gasteiger partial charge is 0.399 e. The van der Waals surface area contributed by atoms with E-state index in [9.17, 15) is 8.78 Å². The fraction of sp³-hybridized carbons (Fsp3) is 0.571. The molecule has 19 heavy (non-hydrogen) atoms. The maximum absolute atomic E-state index is 13.1. The molecule has 108 valence electrons. The van der Waals surface area contributed by atoms with Gasteiger partial charge in [0.2, 0.25) is 0 Å². The van der Waals surface area contributed by atoms with Crippen molar-refractivity contribution in [3.8, 4) is 0 Å². The summed E-state index contributed by atoms with van der Waals surface area (Å²) >= 11 is 0. The normalized spacial score (nSPS) is 11.3. The lowest BCUT2D eigenvalue weighted by Crippen LogP contribution is -2.37. The second kappa shape index (κ2) is 7.28. The van der Waals surface area contributed by atoms with Gasteiger partial charge in [-0.1, -0.05) is 13.8 Å². The van der Waals surface area contributed by atoms with Gasteiger partial charge in [0.1, 0.15) is 0 Å². The molecule has 0 aliphatic carbocycles. The summed E-state index contributed by atoms with van der Waals surface area (Å²) in [5, 5.41) is 9.17. The van der Waals surface area contributed by atoms with Gasteiger partial charge >= 0.3 is 0 Å². The number of aliphatic hydroxyl groups is 1. The van der Waals surface area contributed by atoms with Crippen LogP contribution < -0.4 is 10.6 Å². The quantitative estimate of drug-likeness (QED) is 0.749. The highest BCUT2D eigenvalue weighted by Crippen LogP contribution is 2.33. The lowest BCUT2D eigenvalue weighted by molar-refractivity contribution is 0.151. The minimum atomic E-state index is -2.57. The Kier molecular flexibility index (Phi) is 6.02. The number of alkyl halides is 2. The van der Waals surface area contributed by atoms with E-state index in [1.807, 2.05) is 18.7 Å². The molecule has 0 aromatic heterocycles. The first-order valence-electron chi connectivity index (χ1n) is 6.60. The molecular weight excluding hydrogens is 250 g/mol. The Balaban J connectivity index is 3.21. The molecule has 1 aromatic rings. The smallest absolute Gasteiger partial charge is 0.265 e. The van der Waals surface area contributed by atoms with Gasteiger partial charge < -0.3 is 15.7 Å². The molecule has 0 aliphatic heterocycles. The van der Waals surface area contributed by atoms with E-state index in [1.54, 1.807) is 12.1 Å². The Labute approximate surface area is 113 Å². The predicted octanol–water partition coefficient (Wildman–Crippen LogP) is 3.19. The topological polar surface area (TPSA) is 49.5 Å². The monoisotopic (exact) mass is 272 g/mol. The van der Waals surface area contributed by atoms with Gasteiger partial charge in [-0.15, -0.1) is 0 Å². The van der Waals surface area contributed by atoms with Crippen molar-refractivity contribution < 1.29 is 13.9 Å². The SMILES string of the molecule is CCC(CC)N(CCO)c1ccc(N)cc1C(F)F. The number of nitrogens with two attached hydrogens (primary N) is 1. The molecular formula is C14H22F2N2O. The zero-order valence-corrected chi connectivity index (χ0v) is 11.4. The highest BCUT2D eigenvalue weighted by Gasteiger charge is 2.22. The van der Waals surface area contributed by atoms with Crippen molar-refractivity contribution in [2.75, 3.05) is 23.8 Å². The van der Waals surface area contributed by atoms with Crippen LogP contribution in [0, 0.1) is 0 Å². The molecule has 5 heteroatoms. The van der Waals surface area contributed by atoms with E-state index < -0.39 is 6.43 Å². The third-order valence-corrected chi connectivity index (χ3v) is 3.32. The number of benzene rings is 1. The first kappa shape index (κ1) is 15.7. The number of hydrogen-bond acceptors (Lipinski definition) is 3. The minimum Gasteiger partial charge on any atom is -0.399 e. The summed E-state index contributed by atoms with van der Waals surface area (Å²) in [5.74, 6) is 0. The summed E-state index contributed by atoms with van der Waals surface area (Å²) in [6.07, 6.45) is -0.901. The molecule has 3 nitrogen and oxygen atoms in total. The Morgan fingerprint density at radius 1 is 1.26 bits per heavy atom. The molecule has 0 fully saturated rings. The molecule has 0 radical (unpaired) electrons. The maximum atomic E-state index is 13.1. The van der Waals surface area contributed by atoms with E-state index in [1.165, 1.54) is 6.07 Å².